The Hall–Kier alpha value is -5.28. The summed E-state index contributed by atoms with van der Waals surface area (Å²) >= 11 is 0. The van der Waals surface area contributed by atoms with Gasteiger partial charge in [-0.1, -0.05) is 156 Å². The number of aryl methyl sites for hydroxylation is 1. The minimum atomic E-state index is -0.172. The minimum absolute atomic E-state index is 0.0174. The third-order valence-corrected chi connectivity index (χ3v) is 20.6. The Morgan fingerprint density at radius 3 is 1.21 bits per heavy atom. The molecule has 3 nitrogen and oxygen atoms in total. The Kier molecular flexibility index (Phi) is 11.7. The minimum Gasteiger partial charge on any atom is -0.456 e. The first-order valence-corrected chi connectivity index (χ1v) is 29.3. The highest BCUT2D eigenvalue weighted by atomic mass is 16.3. The van der Waals surface area contributed by atoms with E-state index in [1.807, 2.05) is 0 Å². The quantitative estimate of drug-likeness (QED) is 0.166. The van der Waals surface area contributed by atoms with Crippen molar-refractivity contribution in [3.8, 4) is 0 Å². The molecule has 1 heterocycles. The van der Waals surface area contributed by atoms with Crippen molar-refractivity contribution in [2.75, 3.05) is 9.80 Å². The third kappa shape index (κ3) is 8.49. The monoisotopic (exact) mass is 1010 g/mol. The molecule has 76 heavy (non-hydrogen) atoms. The van der Waals surface area contributed by atoms with Crippen LogP contribution in [0.5, 0.6) is 0 Å². The lowest BCUT2D eigenvalue weighted by Crippen LogP contribution is -2.34. The average Bonchev–Trinajstić information content (AvgIpc) is 3.72. The predicted octanol–water partition coefficient (Wildman–Crippen LogP) is 21.5. The van der Waals surface area contributed by atoms with Crippen LogP contribution in [0.15, 0.2) is 101 Å². The molecule has 0 amide bonds. The molecule has 4 aliphatic carbocycles. The van der Waals surface area contributed by atoms with Crippen LogP contribution in [0.4, 0.5) is 34.1 Å². The lowest BCUT2D eigenvalue weighted by atomic mass is 9.63. The van der Waals surface area contributed by atoms with E-state index in [2.05, 4.69) is 245 Å². The van der Waals surface area contributed by atoms with E-state index in [1.165, 1.54) is 108 Å². The van der Waals surface area contributed by atoms with Gasteiger partial charge in [0.05, 0.1) is 11.1 Å². The second-order valence-corrected chi connectivity index (χ2v) is 31.0. The summed E-state index contributed by atoms with van der Waals surface area (Å²) in [7, 11) is 0. The highest BCUT2D eigenvalue weighted by molar-refractivity contribution is 6.14. The summed E-state index contributed by atoms with van der Waals surface area (Å²) in [5.41, 5.74) is 23.7. The Morgan fingerprint density at radius 2 is 0.750 bits per heavy atom. The van der Waals surface area contributed by atoms with Gasteiger partial charge in [0.25, 0.3) is 0 Å². The average molecular weight is 1010 g/mol. The Bertz CT molecular complexity index is 3420. The normalized spacial score (nSPS) is 21.1. The number of nitrogens with zero attached hydrogens (tertiary/aromatic N) is 2. The van der Waals surface area contributed by atoms with Gasteiger partial charge in [0.2, 0.25) is 0 Å². The predicted molar refractivity (Wildman–Crippen MR) is 328 cm³/mol. The summed E-state index contributed by atoms with van der Waals surface area (Å²) in [6, 6.07) is 39.5. The van der Waals surface area contributed by atoms with Crippen molar-refractivity contribution in [1.29, 1.82) is 0 Å². The van der Waals surface area contributed by atoms with Crippen molar-refractivity contribution in [2.45, 2.75) is 239 Å². The van der Waals surface area contributed by atoms with Crippen LogP contribution >= 0.6 is 0 Å². The maximum atomic E-state index is 7.10. The van der Waals surface area contributed by atoms with Crippen molar-refractivity contribution in [2.24, 2.45) is 0 Å². The van der Waals surface area contributed by atoms with E-state index in [1.54, 1.807) is 0 Å². The molecular formula is C73H92N2O. The highest BCUT2D eigenvalue weighted by Gasteiger charge is 2.43. The van der Waals surface area contributed by atoms with Gasteiger partial charge >= 0.3 is 0 Å². The largest absolute Gasteiger partial charge is 0.456 e. The number of furan rings is 1. The van der Waals surface area contributed by atoms with E-state index in [0.29, 0.717) is 0 Å². The van der Waals surface area contributed by atoms with Gasteiger partial charge in [0, 0.05) is 33.8 Å². The third-order valence-electron chi connectivity index (χ3n) is 20.6. The first-order valence-electron chi connectivity index (χ1n) is 29.3. The molecular weight excluding hydrogens is 921 g/mol. The molecule has 400 valence electrons. The first-order chi connectivity index (χ1) is 35.1. The second-order valence-electron chi connectivity index (χ2n) is 31.0. The van der Waals surface area contributed by atoms with E-state index in [4.69, 9.17) is 4.42 Å². The van der Waals surface area contributed by atoms with Gasteiger partial charge in [0.15, 0.2) is 0 Å². The van der Waals surface area contributed by atoms with Gasteiger partial charge in [-0.2, -0.15) is 0 Å². The first kappa shape index (κ1) is 52.8. The van der Waals surface area contributed by atoms with Gasteiger partial charge in [-0.05, 0) is 235 Å². The molecule has 0 spiro atoms. The molecule has 0 radical (unpaired) electrons. The number of hydrogen-bond acceptors (Lipinski definition) is 3. The van der Waals surface area contributed by atoms with Crippen LogP contribution in [-0.4, -0.2) is 0 Å². The van der Waals surface area contributed by atoms with Crippen molar-refractivity contribution in [3.05, 3.63) is 153 Å². The van der Waals surface area contributed by atoms with Crippen molar-refractivity contribution >= 4 is 56.1 Å². The fourth-order valence-electron chi connectivity index (χ4n) is 14.6. The zero-order chi connectivity index (χ0) is 54.9. The summed E-state index contributed by atoms with van der Waals surface area (Å²) in [5, 5.41) is 2.38. The van der Waals surface area contributed by atoms with Crippen LogP contribution in [-0.2, 0) is 48.7 Å². The molecule has 0 bridgehead atoms. The lowest BCUT2D eigenvalue weighted by molar-refractivity contribution is 0.332. The summed E-state index contributed by atoms with van der Waals surface area (Å²) < 4.78 is 7.10. The molecule has 6 aromatic carbocycles. The molecule has 0 N–H and O–H groups in total. The van der Waals surface area contributed by atoms with Gasteiger partial charge in [-0.15, -0.1) is 0 Å². The van der Waals surface area contributed by atoms with E-state index in [9.17, 15) is 0 Å². The van der Waals surface area contributed by atoms with E-state index < -0.39 is 0 Å². The zero-order valence-corrected chi connectivity index (χ0v) is 50.7. The SMILES string of the molecule is Cc1cc2c(cc1N(c1cc(N(c3ccc4c(c3)C(C)(C)CCC4(C)C)c3ccc4c(c3)C(C)(C)CCC4(C)C)cc(C(C)(C)C)c1)c1cccc3oc4cc5c(cc4c13)C(C)(C)CCC5(C)C)C(C)(C)CCC2(C)C. The molecule has 7 aromatic rings. The second kappa shape index (κ2) is 16.9. The smallest absolute Gasteiger partial charge is 0.137 e. The van der Waals surface area contributed by atoms with Crippen LogP contribution in [0, 0.1) is 6.92 Å². The summed E-state index contributed by atoms with van der Waals surface area (Å²) in [6.07, 6.45) is 9.35. The molecule has 0 unspecified atom stereocenters. The molecule has 0 saturated carbocycles. The van der Waals surface area contributed by atoms with E-state index in [0.717, 1.165) is 54.6 Å². The van der Waals surface area contributed by atoms with Crippen LogP contribution in [0.3, 0.4) is 0 Å². The number of rotatable bonds is 6. The molecule has 0 aliphatic heterocycles. The number of benzene rings is 6. The topological polar surface area (TPSA) is 19.6 Å². The fraction of sp³-hybridized carbons (Fsp3) is 0.507. The molecule has 3 heteroatoms. The summed E-state index contributed by atoms with van der Waals surface area (Å²) in [4.78, 5) is 5.27. The number of fused-ring (bicyclic) bond motifs is 7. The van der Waals surface area contributed by atoms with Crippen molar-refractivity contribution in [1.82, 2.24) is 0 Å². The number of hydrogen-bond donors (Lipinski definition) is 0. The van der Waals surface area contributed by atoms with Gasteiger partial charge < -0.3 is 14.2 Å². The molecule has 11 rings (SSSR count). The van der Waals surface area contributed by atoms with E-state index in [-0.39, 0.29) is 48.7 Å². The molecule has 0 saturated heterocycles. The van der Waals surface area contributed by atoms with Crippen LogP contribution in [0.25, 0.3) is 21.9 Å². The van der Waals surface area contributed by atoms with Gasteiger partial charge in [-0.3, -0.25) is 0 Å². The Labute approximate surface area is 459 Å². The molecule has 1 aromatic heterocycles. The van der Waals surface area contributed by atoms with Gasteiger partial charge in [-0.25, -0.2) is 0 Å². The molecule has 0 atom stereocenters. The lowest BCUT2D eigenvalue weighted by Gasteiger charge is -2.44. The molecule has 4 aliphatic rings. The number of anilines is 6. The van der Waals surface area contributed by atoms with Crippen molar-refractivity contribution < 1.29 is 4.42 Å². The van der Waals surface area contributed by atoms with Crippen LogP contribution < -0.4 is 9.80 Å². The van der Waals surface area contributed by atoms with Crippen molar-refractivity contribution in [3.63, 3.8) is 0 Å². The molecule has 0 fully saturated rings. The van der Waals surface area contributed by atoms with Crippen LogP contribution in [0.1, 0.15) is 239 Å². The Morgan fingerprint density at radius 1 is 0.355 bits per heavy atom. The summed E-state index contributed by atoms with van der Waals surface area (Å²) in [6.45, 7) is 48.8. The van der Waals surface area contributed by atoms with E-state index >= 15 is 0 Å². The zero-order valence-electron chi connectivity index (χ0n) is 50.7. The maximum Gasteiger partial charge on any atom is 0.137 e. The fourth-order valence-corrected chi connectivity index (χ4v) is 14.6. The Balaban J connectivity index is 1.24. The standard InChI is InChI=1S/C73H92N2O/c1-45-36-54-58(72(17,18)34-32-68(54,9)10)43-61(45)75(60-22-21-23-62-64(60)51-42-57-59(44-63(51)76-62)73(19,20)35-33-71(57,15)16)50-38-46(65(2,3)4)37-49(39-50)74(47-24-26-52-55(40-47)69(11,12)30-28-66(52,5)6)48-25-27-53-56(41-48)70(13,14)31-29-67(53,7)8/h21-27,36-44H,28-35H2,1-20H3. The highest BCUT2D eigenvalue weighted by Crippen LogP contribution is 2.56. The van der Waals surface area contributed by atoms with Gasteiger partial charge in [0.1, 0.15) is 11.2 Å². The summed E-state index contributed by atoms with van der Waals surface area (Å²) in [5.74, 6) is 0. The maximum absolute atomic E-state index is 7.10. The van der Waals surface area contributed by atoms with Crippen LogP contribution in [0.2, 0.25) is 0 Å².